The molecule has 4 aromatic carbocycles. The number of nitrogens with one attached hydrogen (secondary N) is 1. The lowest BCUT2D eigenvalue weighted by Crippen LogP contribution is -2.14. The minimum Gasteiger partial charge on any atom is -0.489 e. The topological polar surface area (TPSA) is 47.6 Å². The molecule has 0 heterocycles. The van der Waals surface area contributed by atoms with Crippen molar-refractivity contribution in [3.05, 3.63) is 126 Å². The zero-order valence-electron chi connectivity index (χ0n) is 17.3. The van der Waals surface area contributed by atoms with Gasteiger partial charge < -0.3 is 14.8 Å². The van der Waals surface area contributed by atoms with Gasteiger partial charge in [0.1, 0.15) is 30.5 Å². The Kier molecular flexibility index (Phi) is 6.78. The van der Waals surface area contributed by atoms with Gasteiger partial charge in [0.2, 0.25) is 0 Å². The summed E-state index contributed by atoms with van der Waals surface area (Å²) in [5.41, 5.74) is 2.87. The molecule has 1 amide bonds. The third kappa shape index (κ3) is 5.73. The molecule has 0 aliphatic carbocycles. The molecule has 1 N–H and O–H groups in total. The van der Waals surface area contributed by atoms with Crippen LogP contribution in [0, 0.1) is 5.82 Å². The molecular formula is C27H22FNO3. The zero-order valence-corrected chi connectivity index (χ0v) is 17.3. The molecule has 0 aromatic heterocycles. The van der Waals surface area contributed by atoms with Crippen LogP contribution in [0.5, 0.6) is 11.5 Å². The number of ether oxygens (including phenoxy) is 2. The summed E-state index contributed by atoms with van der Waals surface area (Å²) in [6.45, 7) is 0.708. The van der Waals surface area contributed by atoms with E-state index >= 15 is 0 Å². The number of rotatable bonds is 8. The summed E-state index contributed by atoms with van der Waals surface area (Å²) in [4.78, 5) is 12.9. The highest BCUT2D eigenvalue weighted by Crippen LogP contribution is 2.27. The second-order valence-electron chi connectivity index (χ2n) is 7.17. The SMILES string of the molecule is O=C(Nc1ccc(F)cc1)c1ccc(OCc2ccccc2)cc1OCc1ccccc1. The van der Waals surface area contributed by atoms with Crippen LogP contribution >= 0.6 is 0 Å². The number of halogens is 1. The van der Waals surface area contributed by atoms with Crippen molar-refractivity contribution >= 4 is 11.6 Å². The van der Waals surface area contributed by atoms with Crippen LogP contribution in [0.25, 0.3) is 0 Å². The van der Waals surface area contributed by atoms with Crippen LogP contribution in [-0.4, -0.2) is 5.91 Å². The maximum absolute atomic E-state index is 13.2. The van der Waals surface area contributed by atoms with Crippen molar-refractivity contribution in [1.82, 2.24) is 0 Å². The molecule has 0 fully saturated rings. The van der Waals surface area contributed by atoms with E-state index in [9.17, 15) is 9.18 Å². The van der Waals surface area contributed by atoms with Gasteiger partial charge >= 0.3 is 0 Å². The van der Waals surface area contributed by atoms with Crippen LogP contribution in [0.3, 0.4) is 0 Å². The summed E-state index contributed by atoms with van der Waals surface area (Å²) in [6, 6.07) is 30.2. The van der Waals surface area contributed by atoms with Crippen molar-refractivity contribution in [2.75, 3.05) is 5.32 Å². The smallest absolute Gasteiger partial charge is 0.259 e. The summed E-state index contributed by atoms with van der Waals surface area (Å²) in [7, 11) is 0. The first-order valence-electron chi connectivity index (χ1n) is 10.2. The van der Waals surface area contributed by atoms with Crippen molar-refractivity contribution in [2.45, 2.75) is 13.2 Å². The van der Waals surface area contributed by atoms with E-state index in [-0.39, 0.29) is 11.7 Å². The molecule has 0 aliphatic rings. The molecule has 0 atom stereocenters. The first-order chi connectivity index (χ1) is 15.7. The van der Waals surface area contributed by atoms with Gasteiger partial charge in [-0.3, -0.25) is 4.79 Å². The lowest BCUT2D eigenvalue weighted by molar-refractivity contribution is 0.102. The molecule has 0 saturated heterocycles. The van der Waals surface area contributed by atoms with E-state index in [1.165, 1.54) is 24.3 Å². The predicted octanol–water partition coefficient (Wildman–Crippen LogP) is 6.24. The average molecular weight is 427 g/mol. The molecular weight excluding hydrogens is 405 g/mol. The lowest BCUT2D eigenvalue weighted by Gasteiger charge is -2.14. The second-order valence-corrected chi connectivity index (χ2v) is 7.17. The van der Waals surface area contributed by atoms with Crippen LogP contribution in [0.2, 0.25) is 0 Å². The van der Waals surface area contributed by atoms with Crippen molar-refractivity contribution < 1.29 is 18.7 Å². The Hall–Kier alpha value is -4.12. The standard InChI is InChI=1S/C27H22FNO3/c28-22-11-13-23(14-12-22)29-27(30)25-16-15-24(31-18-20-7-3-1-4-8-20)17-26(25)32-19-21-9-5-2-6-10-21/h1-17H,18-19H2,(H,29,30). The van der Waals surface area contributed by atoms with Crippen LogP contribution in [-0.2, 0) is 13.2 Å². The van der Waals surface area contributed by atoms with Crippen LogP contribution < -0.4 is 14.8 Å². The van der Waals surface area contributed by atoms with Crippen LogP contribution in [0.1, 0.15) is 21.5 Å². The van der Waals surface area contributed by atoms with E-state index in [1.807, 2.05) is 60.7 Å². The largest absolute Gasteiger partial charge is 0.489 e. The number of benzene rings is 4. The summed E-state index contributed by atoms with van der Waals surface area (Å²) >= 11 is 0. The van der Waals surface area contributed by atoms with Gasteiger partial charge in [0, 0.05) is 11.8 Å². The highest BCUT2D eigenvalue weighted by atomic mass is 19.1. The summed E-state index contributed by atoms with van der Waals surface area (Å²) in [6.07, 6.45) is 0. The summed E-state index contributed by atoms with van der Waals surface area (Å²) < 4.78 is 25.1. The maximum atomic E-state index is 13.2. The van der Waals surface area contributed by atoms with Crippen molar-refractivity contribution in [3.8, 4) is 11.5 Å². The van der Waals surface area contributed by atoms with E-state index in [0.29, 0.717) is 36.0 Å². The molecule has 4 nitrogen and oxygen atoms in total. The molecule has 0 unspecified atom stereocenters. The quantitative estimate of drug-likeness (QED) is 0.362. The van der Waals surface area contributed by atoms with E-state index < -0.39 is 0 Å². The van der Waals surface area contributed by atoms with Gasteiger partial charge in [-0.15, -0.1) is 0 Å². The summed E-state index contributed by atoms with van der Waals surface area (Å²) in [5, 5.41) is 2.77. The van der Waals surface area contributed by atoms with E-state index in [0.717, 1.165) is 11.1 Å². The van der Waals surface area contributed by atoms with Gasteiger partial charge in [0.15, 0.2) is 0 Å². The molecule has 160 valence electrons. The van der Waals surface area contributed by atoms with Crippen LogP contribution in [0.15, 0.2) is 103 Å². The molecule has 0 aliphatic heterocycles. The van der Waals surface area contributed by atoms with Gasteiger partial charge in [-0.1, -0.05) is 60.7 Å². The molecule has 4 aromatic rings. The molecule has 5 heteroatoms. The van der Waals surface area contributed by atoms with Gasteiger partial charge in [-0.2, -0.15) is 0 Å². The molecule has 0 radical (unpaired) electrons. The van der Waals surface area contributed by atoms with Gasteiger partial charge in [-0.25, -0.2) is 4.39 Å². The fraction of sp³-hybridized carbons (Fsp3) is 0.0741. The van der Waals surface area contributed by atoms with Crippen molar-refractivity contribution in [3.63, 3.8) is 0 Å². The minimum absolute atomic E-state index is 0.305. The minimum atomic E-state index is -0.366. The van der Waals surface area contributed by atoms with E-state index in [4.69, 9.17) is 9.47 Å². The Morgan fingerprint density at radius 1 is 0.719 bits per heavy atom. The van der Waals surface area contributed by atoms with Gasteiger partial charge in [-0.05, 0) is 47.5 Å². The third-order valence-electron chi connectivity index (χ3n) is 4.79. The third-order valence-corrected chi connectivity index (χ3v) is 4.79. The molecule has 4 rings (SSSR count). The number of hydrogen-bond acceptors (Lipinski definition) is 3. The number of anilines is 1. The normalized spacial score (nSPS) is 10.4. The number of amides is 1. The second kappa shape index (κ2) is 10.3. The Bertz CT molecular complexity index is 1160. The Morgan fingerprint density at radius 2 is 1.31 bits per heavy atom. The maximum Gasteiger partial charge on any atom is 0.259 e. The number of carbonyl (C=O) groups is 1. The first-order valence-corrected chi connectivity index (χ1v) is 10.2. The fourth-order valence-electron chi connectivity index (χ4n) is 3.11. The molecule has 0 saturated carbocycles. The highest BCUT2D eigenvalue weighted by Gasteiger charge is 2.15. The van der Waals surface area contributed by atoms with Crippen molar-refractivity contribution in [2.24, 2.45) is 0 Å². The Balaban J connectivity index is 1.54. The lowest BCUT2D eigenvalue weighted by atomic mass is 10.1. The van der Waals surface area contributed by atoms with Gasteiger partial charge in [0.05, 0.1) is 5.56 Å². The molecule has 0 spiro atoms. The Labute approximate surface area is 186 Å². The predicted molar refractivity (Wildman–Crippen MR) is 122 cm³/mol. The van der Waals surface area contributed by atoms with Crippen LogP contribution in [0.4, 0.5) is 10.1 Å². The van der Waals surface area contributed by atoms with Gasteiger partial charge in [0.25, 0.3) is 5.91 Å². The first kappa shape index (κ1) is 21.1. The molecule has 0 bridgehead atoms. The van der Waals surface area contributed by atoms with E-state index in [2.05, 4.69) is 5.32 Å². The zero-order chi connectivity index (χ0) is 22.2. The number of carbonyl (C=O) groups excluding carboxylic acids is 1. The average Bonchev–Trinajstić information content (AvgIpc) is 2.84. The van der Waals surface area contributed by atoms with E-state index in [1.54, 1.807) is 18.2 Å². The Morgan fingerprint density at radius 3 is 1.94 bits per heavy atom. The van der Waals surface area contributed by atoms with Crippen molar-refractivity contribution in [1.29, 1.82) is 0 Å². The fourth-order valence-corrected chi connectivity index (χ4v) is 3.11. The summed E-state index contributed by atoms with van der Waals surface area (Å²) in [5.74, 6) is 0.276. The highest BCUT2D eigenvalue weighted by molar-refractivity contribution is 6.06. The number of hydrogen-bond donors (Lipinski definition) is 1. The molecule has 32 heavy (non-hydrogen) atoms. The monoisotopic (exact) mass is 427 g/mol.